The summed E-state index contributed by atoms with van der Waals surface area (Å²) in [4.78, 5) is 0. The zero-order valence-electron chi connectivity index (χ0n) is 10.6. The monoisotopic (exact) mass is 225 g/mol. The van der Waals surface area contributed by atoms with Gasteiger partial charge in [-0.3, -0.25) is 0 Å². The van der Waals surface area contributed by atoms with Gasteiger partial charge in [-0.25, -0.2) is 0 Å². The lowest BCUT2D eigenvalue weighted by Crippen LogP contribution is -2.54. The van der Waals surface area contributed by atoms with Crippen molar-refractivity contribution in [1.82, 2.24) is 5.32 Å². The summed E-state index contributed by atoms with van der Waals surface area (Å²) in [7, 11) is 1.80. The molecule has 16 heavy (non-hydrogen) atoms. The van der Waals surface area contributed by atoms with Crippen molar-refractivity contribution in [2.24, 2.45) is 0 Å². The highest BCUT2D eigenvalue weighted by molar-refractivity contribution is 5.05. The van der Waals surface area contributed by atoms with Gasteiger partial charge < -0.3 is 14.8 Å². The Balaban J connectivity index is 2.72. The van der Waals surface area contributed by atoms with E-state index in [2.05, 4.69) is 24.1 Å². The van der Waals surface area contributed by atoms with E-state index in [0.717, 1.165) is 39.0 Å². The summed E-state index contributed by atoms with van der Waals surface area (Å²) in [6, 6.07) is 0.304. The van der Waals surface area contributed by atoms with Gasteiger partial charge in [-0.2, -0.15) is 0 Å². The summed E-state index contributed by atoms with van der Waals surface area (Å²) in [5, 5.41) is 3.50. The van der Waals surface area contributed by atoms with Gasteiger partial charge in [-0.05, 0) is 13.5 Å². The molecule has 0 bridgehead atoms. The standard InChI is InChI=1S/C13H23NO2/c1-4-6-7-12(14-5-2)13(15-3)8-10-16-11-9-13/h12,14H,5,7-11H2,1-3H3. The quantitative estimate of drug-likeness (QED) is 0.721. The Kier molecular flexibility index (Phi) is 5.83. The Morgan fingerprint density at radius 1 is 1.44 bits per heavy atom. The molecule has 1 fully saturated rings. The van der Waals surface area contributed by atoms with Gasteiger partial charge in [0.05, 0.1) is 5.60 Å². The normalized spacial score (nSPS) is 20.9. The molecule has 1 saturated heterocycles. The van der Waals surface area contributed by atoms with Crippen LogP contribution in [0.2, 0.25) is 0 Å². The summed E-state index contributed by atoms with van der Waals surface area (Å²) in [5.41, 5.74) is -0.0991. The minimum atomic E-state index is -0.0991. The topological polar surface area (TPSA) is 30.5 Å². The molecule has 1 aliphatic heterocycles. The molecule has 1 N–H and O–H groups in total. The summed E-state index contributed by atoms with van der Waals surface area (Å²) in [5.74, 6) is 6.12. The van der Waals surface area contributed by atoms with Crippen LogP contribution in [0, 0.1) is 11.8 Å². The molecule has 1 unspecified atom stereocenters. The molecule has 0 saturated carbocycles. The first-order valence-corrected chi connectivity index (χ1v) is 6.05. The molecule has 0 amide bonds. The van der Waals surface area contributed by atoms with Crippen molar-refractivity contribution < 1.29 is 9.47 Å². The van der Waals surface area contributed by atoms with Crippen molar-refractivity contribution >= 4 is 0 Å². The lowest BCUT2D eigenvalue weighted by atomic mass is 9.84. The van der Waals surface area contributed by atoms with Crippen molar-refractivity contribution in [1.29, 1.82) is 0 Å². The van der Waals surface area contributed by atoms with Gasteiger partial charge in [-0.15, -0.1) is 11.8 Å². The number of methoxy groups -OCH3 is 1. The number of likely N-dealkylation sites (N-methyl/N-ethyl adjacent to an activating group) is 1. The van der Waals surface area contributed by atoms with Gasteiger partial charge in [0.2, 0.25) is 0 Å². The van der Waals surface area contributed by atoms with E-state index in [-0.39, 0.29) is 5.60 Å². The Morgan fingerprint density at radius 3 is 2.62 bits per heavy atom. The van der Waals surface area contributed by atoms with E-state index in [0.29, 0.717) is 6.04 Å². The van der Waals surface area contributed by atoms with Crippen LogP contribution >= 0.6 is 0 Å². The highest BCUT2D eigenvalue weighted by Gasteiger charge is 2.39. The molecule has 0 aliphatic carbocycles. The molecule has 1 atom stereocenters. The molecule has 0 aromatic carbocycles. The Bertz CT molecular complexity index is 248. The second kappa shape index (κ2) is 6.90. The predicted octanol–water partition coefficient (Wildman–Crippen LogP) is 1.57. The van der Waals surface area contributed by atoms with E-state index in [4.69, 9.17) is 9.47 Å². The lowest BCUT2D eigenvalue weighted by Gasteiger charge is -2.42. The van der Waals surface area contributed by atoms with Gasteiger partial charge in [0, 0.05) is 45.6 Å². The van der Waals surface area contributed by atoms with Crippen LogP contribution in [-0.4, -0.2) is 38.5 Å². The zero-order valence-corrected chi connectivity index (χ0v) is 10.6. The molecule has 0 radical (unpaired) electrons. The molecule has 0 aromatic heterocycles. The van der Waals surface area contributed by atoms with Crippen molar-refractivity contribution in [2.45, 2.75) is 44.8 Å². The van der Waals surface area contributed by atoms with Crippen molar-refractivity contribution in [3.05, 3.63) is 0 Å². The van der Waals surface area contributed by atoms with E-state index in [1.165, 1.54) is 0 Å². The maximum atomic E-state index is 5.78. The average Bonchev–Trinajstić information content (AvgIpc) is 2.35. The van der Waals surface area contributed by atoms with E-state index < -0.39 is 0 Å². The Labute approximate surface area is 98.9 Å². The third-order valence-electron chi connectivity index (χ3n) is 3.31. The number of hydrogen-bond acceptors (Lipinski definition) is 3. The van der Waals surface area contributed by atoms with E-state index in [9.17, 15) is 0 Å². The first kappa shape index (κ1) is 13.5. The maximum Gasteiger partial charge on any atom is 0.0884 e. The van der Waals surface area contributed by atoms with E-state index in [1.807, 2.05) is 6.92 Å². The fraction of sp³-hybridized carbons (Fsp3) is 0.846. The van der Waals surface area contributed by atoms with Gasteiger partial charge in [0.25, 0.3) is 0 Å². The van der Waals surface area contributed by atoms with Gasteiger partial charge in [0.1, 0.15) is 0 Å². The first-order chi connectivity index (χ1) is 7.79. The smallest absolute Gasteiger partial charge is 0.0884 e. The molecule has 92 valence electrons. The number of nitrogens with one attached hydrogen (secondary N) is 1. The van der Waals surface area contributed by atoms with Crippen LogP contribution in [0.15, 0.2) is 0 Å². The second-order valence-corrected chi connectivity index (χ2v) is 4.12. The van der Waals surface area contributed by atoms with Crippen LogP contribution in [0.25, 0.3) is 0 Å². The molecule has 3 nitrogen and oxygen atoms in total. The van der Waals surface area contributed by atoms with Crippen LogP contribution in [0.4, 0.5) is 0 Å². The van der Waals surface area contributed by atoms with Gasteiger partial charge in [0.15, 0.2) is 0 Å². The van der Waals surface area contributed by atoms with Crippen LogP contribution in [-0.2, 0) is 9.47 Å². The van der Waals surface area contributed by atoms with Crippen molar-refractivity contribution in [3.8, 4) is 11.8 Å². The highest BCUT2D eigenvalue weighted by atomic mass is 16.5. The van der Waals surface area contributed by atoms with Gasteiger partial charge >= 0.3 is 0 Å². The van der Waals surface area contributed by atoms with Crippen LogP contribution < -0.4 is 5.32 Å². The van der Waals surface area contributed by atoms with Crippen molar-refractivity contribution in [2.75, 3.05) is 26.9 Å². The molecule has 0 aromatic rings. The van der Waals surface area contributed by atoms with E-state index >= 15 is 0 Å². The second-order valence-electron chi connectivity index (χ2n) is 4.12. The third-order valence-corrected chi connectivity index (χ3v) is 3.31. The third kappa shape index (κ3) is 3.21. The van der Waals surface area contributed by atoms with Crippen LogP contribution in [0.1, 0.15) is 33.1 Å². The average molecular weight is 225 g/mol. The first-order valence-electron chi connectivity index (χ1n) is 6.05. The van der Waals surface area contributed by atoms with Crippen LogP contribution in [0.3, 0.4) is 0 Å². The number of hydrogen-bond donors (Lipinski definition) is 1. The molecule has 1 rings (SSSR count). The lowest BCUT2D eigenvalue weighted by molar-refractivity contribution is -0.109. The summed E-state index contributed by atoms with van der Waals surface area (Å²) < 4.78 is 11.2. The largest absolute Gasteiger partial charge is 0.381 e. The highest BCUT2D eigenvalue weighted by Crippen LogP contribution is 2.29. The molecular formula is C13H23NO2. The Hall–Kier alpha value is -0.560. The minimum Gasteiger partial charge on any atom is -0.381 e. The number of rotatable bonds is 5. The predicted molar refractivity (Wildman–Crippen MR) is 65.3 cm³/mol. The molecule has 1 aliphatic rings. The summed E-state index contributed by atoms with van der Waals surface area (Å²) in [6.07, 6.45) is 2.75. The molecule has 0 spiro atoms. The number of ether oxygens (including phenoxy) is 2. The maximum absolute atomic E-state index is 5.78. The molecule has 3 heteroatoms. The van der Waals surface area contributed by atoms with Crippen molar-refractivity contribution in [3.63, 3.8) is 0 Å². The summed E-state index contributed by atoms with van der Waals surface area (Å²) in [6.45, 7) is 6.52. The minimum absolute atomic E-state index is 0.0991. The van der Waals surface area contributed by atoms with E-state index in [1.54, 1.807) is 7.11 Å². The fourth-order valence-electron chi connectivity index (χ4n) is 2.31. The molecular weight excluding hydrogens is 202 g/mol. The zero-order chi connectivity index (χ0) is 11.9. The van der Waals surface area contributed by atoms with Gasteiger partial charge in [-0.1, -0.05) is 6.92 Å². The Morgan fingerprint density at radius 2 is 2.12 bits per heavy atom. The fourth-order valence-corrected chi connectivity index (χ4v) is 2.31. The summed E-state index contributed by atoms with van der Waals surface area (Å²) >= 11 is 0. The SMILES string of the molecule is CC#CCC(NCC)C1(OC)CCOCC1. The molecule has 1 heterocycles. The van der Waals surface area contributed by atoms with Crippen LogP contribution in [0.5, 0.6) is 0 Å².